The number of amides is 3. The van der Waals surface area contributed by atoms with Gasteiger partial charge in [-0.1, -0.05) is 6.07 Å². The topological polar surface area (TPSA) is 87.2 Å². The second kappa shape index (κ2) is 9.93. The SMILES string of the molecule is CCOC(=O)C1CCCN(C(=O)CN(C)C(=O)C2CC(=O)N(c3ccc4c(c3)CCC4)C2)C1. The van der Waals surface area contributed by atoms with Crippen LogP contribution in [0.15, 0.2) is 18.2 Å². The van der Waals surface area contributed by atoms with Gasteiger partial charge in [-0.2, -0.15) is 0 Å². The number of likely N-dealkylation sites (tertiary alicyclic amines) is 1. The third-order valence-electron chi connectivity index (χ3n) is 7.01. The van der Waals surface area contributed by atoms with Crippen LogP contribution in [0, 0.1) is 11.8 Å². The summed E-state index contributed by atoms with van der Waals surface area (Å²) in [6.07, 6.45) is 4.86. The van der Waals surface area contributed by atoms with Gasteiger partial charge in [0.25, 0.3) is 0 Å². The van der Waals surface area contributed by atoms with Crippen LogP contribution in [0.2, 0.25) is 0 Å². The molecule has 4 rings (SSSR count). The molecule has 0 saturated carbocycles. The number of fused-ring (bicyclic) bond motifs is 1. The largest absolute Gasteiger partial charge is 0.466 e. The molecule has 2 saturated heterocycles. The van der Waals surface area contributed by atoms with Crippen molar-refractivity contribution in [2.75, 3.05) is 44.7 Å². The summed E-state index contributed by atoms with van der Waals surface area (Å²) >= 11 is 0. The van der Waals surface area contributed by atoms with Crippen molar-refractivity contribution in [1.82, 2.24) is 9.80 Å². The van der Waals surface area contributed by atoms with Crippen LogP contribution in [0.5, 0.6) is 0 Å². The number of hydrogen-bond acceptors (Lipinski definition) is 5. The third-order valence-corrected chi connectivity index (χ3v) is 7.01. The number of hydrogen-bond donors (Lipinski definition) is 0. The molecule has 3 aliphatic rings. The number of ether oxygens (including phenoxy) is 1. The van der Waals surface area contributed by atoms with Crippen LogP contribution >= 0.6 is 0 Å². The molecule has 1 aromatic rings. The molecule has 33 heavy (non-hydrogen) atoms. The number of carbonyl (C=O) groups excluding carboxylic acids is 4. The molecule has 3 amide bonds. The molecule has 0 spiro atoms. The van der Waals surface area contributed by atoms with E-state index in [2.05, 4.69) is 12.1 Å². The number of rotatable bonds is 6. The van der Waals surface area contributed by atoms with Crippen molar-refractivity contribution in [3.63, 3.8) is 0 Å². The first-order chi connectivity index (χ1) is 15.9. The first kappa shape index (κ1) is 23.3. The molecule has 2 atom stereocenters. The highest BCUT2D eigenvalue weighted by Gasteiger charge is 2.38. The van der Waals surface area contributed by atoms with E-state index in [0.717, 1.165) is 31.4 Å². The molecular weight excluding hydrogens is 422 g/mol. The highest BCUT2D eigenvalue weighted by atomic mass is 16.5. The maximum atomic E-state index is 13.0. The van der Waals surface area contributed by atoms with E-state index in [1.54, 1.807) is 23.8 Å². The van der Waals surface area contributed by atoms with Crippen LogP contribution in [0.25, 0.3) is 0 Å². The van der Waals surface area contributed by atoms with E-state index in [1.165, 1.54) is 16.0 Å². The second-order valence-corrected chi connectivity index (χ2v) is 9.34. The zero-order valence-electron chi connectivity index (χ0n) is 19.5. The summed E-state index contributed by atoms with van der Waals surface area (Å²) in [5.41, 5.74) is 3.49. The maximum Gasteiger partial charge on any atom is 0.310 e. The Labute approximate surface area is 194 Å². The van der Waals surface area contributed by atoms with Crippen LogP contribution in [0.1, 0.15) is 43.7 Å². The molecular formula is C25H33N3O5. The summed E-state index contributed by atoms with van der Waals surface area (Å²) in [5, 5.41) is 0. The summed E-state index contributed by atoms with van der Waals surface area (Å²) in [7, 11) is 1.61. The standard InChI is InChI=1S/C25H33N3O5/c1-3-33-25(32)19-8-5-11-27(14-19)23(30)16-26(2)24(31)20-13-22(29)28(15-20)21-10-9-17-6-4-7-18(17)12-21/h9-10,12,19-20H,3-8,11,13-16H2,1-2H3. The van der Waals surface area contributed by atoms with Gasteiger partial charge in [0.1, 0.15) is 0 Å². The summed E-state index contributed by atoms with van der Waals surface area (Å²) in [5.74, 6) is -1.47. The fourth-order valence-electron chi connectivity index (χ4n) is 5.20. The minimum atomic E-state index is -0.461. The average Bonchev–Trinajstić information content (AvgIpc) is 3.44. The number of esters is 1. The van der Waals surface area contributed by atoms with E-state index in [1.807, 2.05) is 6.07 Å². The van der Waals surface area contributed by atoms with E-state index in [9.17, 15) is 19.2 Å². The number of benzene rings is 1. The molecule has 8 heteroatoms. The predicted octanol–water partition coefficient (Wildman–Crippen LogP) is 1.79. The highest BCUT2D eigenvalue weighted by Crippen LogP contribution is 2.31. The van der Waals surface area contributed by atoms with Crippen molar-refractivity contribution in [2.45, 2.75) is 45.4 Å². The van der Waals surface area contributed by atoms with E-state index < -0.39 is 5.92 Å². The number of piperidine rings is 1. The lowest BCUT2D eigenvalue weighted by molar-refractivity contribution is -0.152. The lowest BCUT2D eigenvalue weighted by atomic mass is 9.98. The van der Waals surface area contributed by atoms with Crippen molar-refractivity contribution in [2.24, 2.45) is 11.8 Å². The highest BCUT2D eigenvalue weighted by molar-refractivity contribution is 6.00. The Hall–Kier alpha value is -2.90. The zero-order valence-corrected chi connectivity index (χ0v) is 19.5. The smallest absolute Gasteiger partial charge is 0.310 e. The van der Waals surface area contributed by atoms with Crippen molar-refractivity contribution in [3.8, 4) is 0 Å². The summed E-state index contributed by atoms with van der Waals surface area (Å²) in [6, 6.07) is 6.14. The molecule has 2 fully saturated rings. The zero-order chi connectivity index (χ0) is 23.5. The number of carbonyl (C=O) groups is 4. The van der Waals surface area contributed by atoms with Gasteiger partial charge in [0, 0.05) is 38.8 Å². The lowest BCUT2D eigenvalue weighted by Crippen LogP contribution is -2.48. The van der Waals surface area contributed by atoms with Gasteiger partial charge in [0.05, 0.1) is 25.0 Å². The Morgan fingerprint density at radius 2 is 1.88 bits per heavy atom. The average molecular weight is 456 g/mol. The summed E-state index contributed by atoms with van der Waals surface area (Å²) < 4.78 is 5.10. The fraction of sp³-hybridized carbons (Fsp3) is 0.600. The van der Waals surface area contributed by atoms with Gasteiger partial charge in [0.15, 0.2) is 0 Å². The van der Waals surface area contributed by atoms with E-state index >= 15 is 0 Å². The number of nitrogens with zero attached hydrogens (tertiary/aromatic N) is 3. The minimum absolute atomic E-state index is 0.0562. The van der Waals surface area contributed by atoms with Gasteiger partial charge in [-0.15, -0.1) is 0 Å². The maximum absolute atomic E-state index is 13.0. The van der Waals surface area contributed by atoms with Gasteiger partial charge >= 0.3 is 5.97 Å². The van der Waals surface area contributed by atoms with Gasteiger partial charge in [-0.05, 0) is 62.3 Å². The Morgan fingerprint density at radius 1 is 1.09 bits per heavy atom. The molecule has 2 heterocycles. The monoisotopic (exact) mass is 455 g/mol. The molecule has 0 bridgehead atoms. The predicted molar refractivity (Wildman–Crippen MR) is 123 cm³/mol. The number of likely N-dealkylation sites (N-methyl/N-ethyl adjacent to an activating group) is 1. The Morgan fingerprint density at radius 3 is 2.67 bits per heavy atom. The molecule has 1 aromatic carbocycles. The minimum Gasteiger partial charge on any atom is -0.466 e. The Balaban J connectivity index is 1.33. The van der Waals surface area contributed by atoms with Crippen LogP contribution in [-0.4, -0.2) is 73.3 Å². The van der Waals surface area contributed by atoms with Gasteiger partial charge < -0.3 is 19.4 Å². The van der Waals surface area contributed by atoms with Gasteiger partial charge in [-0.3, -0.25) is 19.2 Å². The van der Waals surface area contributed by atoms with Crippen molar-refractivity contribution in [3.05, 3.63) is 29.3 Å². The number of anilines is 1. The normalized spacial score (nSPS) is 22.3. The molecule has 2 unspecified atom stereocenters. The molecule has 8 nitrogen and oxygen atoms in total. The lowest BCUT2D eigenvalue weighted by Gasteiger charge is -2.33. The molecule has 1 aliphatic carbocycles. The van der Waals surface area contributed by atoms with Crippen molar-refractivity contribution in [1.29, 1.82) is 0 Å². The van der Waals surface area contributed by atoms with Crippen LogP contribution < -0.4 is 4.90 Å². The Kier molecular flexibility index (Phi) is 7.00. The molecule has 0 aromatic heterocycles. The van der Waals surface area contributed by atoms with Crippen LogP contribution in [-0.2, 0) is 36.8 Å². The van der Waals surface area contributed by atoms with E-state index in [-0.39, 0.29) is 42.6 Å². The van der Waals surface area contributed by atoms with E-state index in [4.69, 9.17) is 4.74 Å². The fourth-order valence-corrected chi connectivity index (χ4v) is 5.20. The van der Waals surface area contributed by atoms with Crippen LogP contribution in [0.4, 0.5) is 5.69 Å². The molecule has 0 radical (unpaired) electrons. The third kappa shape index (κ3) is 5.04. The van der Waals surface area contributed by atoms with Gasteiger partial charge in [-0.25, -0.2) is 0 Å². The summed E-state index contributed by atoms with van der Waals surface area (Å²) in [6.45, 7) is 3.27. The molecule has 0 N–H and O–H groups in total. The van der Waals surface area contributed by atoms with Crippen molar-refractivity contribution < 1.29 is 23.9 Å². The first-order valence-electron chi connectivity index (χ1n) is 12.0. The van der Waals surface area contributed by atoms with Crippen LogP contribution in [0.3, 0.4) is 0 Å². The molecule has 178 valence electrons. The van der Waals surface area contributed by atoms with E-state index in [0.29, 0.717) is 32.7 Å². The first-order valence-corrected chi connectivity index (χ1v) is 12.0. The quantitative estimate of drug-likeness (QED) is 0.611. The second-order valence-electron chi connectivity index (χ2n) is 9.34. The Bertz CT molecular complexity index is 946. The van der Waals surface area contributed by atoms with Gasteiger partial charge in [0.2, 0.25) is 17.7 Å². The summed E-state index contributed by atoms with van der Waals surface area (Å²) in [4.78, 5) is 55.3. The molecule has 2 aliphatic heterocycles. The van der Waals surface area contributed by atoms with Crippen molar-refractivity contribution >= 4 is 29.4 Å². The number of aryl methyl sites for hydroxylation is 2.